The second-order valence-electron chi connectivity index (χ2n) is 17.3. The highest BCUT2D eigenvalue weighted by atomic mass is 19.3. The molecule has 0 bridgehead atoms. The zero-order valence-electron chi connectivity index (χ0n) is 34.4. The summed E-state index contributed by atoms with van der Waals surface area (Å²) in [6, 6.07) is 9.75. The lowest BCUT2D eigenvalue weighted by Gasteiger charge is -2.39. The van der Waals surface area contributed by atoms with Gasteiger partial charge >= 0.3 is 5.92 Å². The third-order valence-electron chi connectivity index (χ3n) is 13.1. The minimum atomic E-state index is -3.60. The number of likely N-dealkylation sites (tertiary alicyclic amines) is 1. The van der Waals surface area contributed by atoms with Crippen LogP contribution in [0, 0.1) is 17.2 Å². The number of nitrogens with one attached hydrogen (secondary N) is 3. The van der Waals surface area contributed by atoms with Gasteiger partial charge in [-0.05, 0) is 113 Å². The Morgan fingerprint density at radius 3 is 2.45 bits per heavy atom. The lowest BCUT2D eigenvalue weighted by Crippen LogP contribution is -2.47. The fraction of sp³-hybridized carbons (Fsp3) is 0.535. The van der Waals surface area contributed by atoms with Gasteiger partial charge in [0.2, 0.25) is 17.8 Å². The summed E-state index contributed by atoms with van der Waals surface area (Å²) in [5.41, 5.74) is 2.33. The highest BCUT2D eigenvalue weighted by Crippen LogP contribution is 2.54. The number of hydrogen-bond donors (Lipinski definition) is 3. The SMILES string of the molecule is COc1cc(C(=O)NC2CC23CCN(CC2CCN(c4ccc(C5CCC(=O)NC5=O)cc4F)CC2)CC3)ccc1Nc1ncc2c(n1)N(C(C)C)CC(F)(F)C(=O)N2C. The van der Waals surface area contributed by atoms with Gasteiger partial charge in [0.05, 0.1) is 37.1 Å². The Morgan fingerprint density at radius 2 is 1.77 bits per heavy atom. The third kappa shape index (κ3) is 8.19. The zero-order chi connectivity index (χ0) is 42.5. The summed E-state index contributed by atoms with van der Waals surface area (Å²) in [5.74, 6) is -5.42. The van der Waals surface area contributed by atoms with Gasteiger partial charge in [0.25, 0.3) is 11.8 Å². The first-order valence-corrected chi connectivity index (χ1v) is 20.8. The molecule has 8 rings (SSSR count). The van der Waals surface area contributed by atoms with Crippen LogP contribution in [-0.2, 0) is 14.4 Å². The number of fused-ring (bicyclic) bond motifs is 1. The van der Waals surface area contributed by atoms with Crippen molar-refractivity contribution >= 4 is 52.5 Å². The molecule has 17 heteroatoms. The number of piperidine rings is 3. The van der Waals surface area contributed by atoms with E-state index in [2.05, 4.69) is 35.7 Å². The Balaban J connectivity index is 0.813. The summed E-state index contributed by atoms with van der Waals surface area (Å²) in [5, 5.41) is 8.68. The second-order valence-corrected chi connectivity index (χ2v) is 17.3. The van der Waals surface area contributed by atoms with Gasteiger partial charge in [-0.1, -0.05) is 6.07 Å². The first-order chi connectivity index (χ1) is 28.6. The van der Waals surface area contributed by atoms with E-state index in [9.17, 15) is 28.0 Å². The normalized spacial score (nSPS) is 23.0. The van der Waals surface area contributed by atoms with Crippen molar-refractivity contribution in [3.63, 3.8) is 0 Å². The fourth-order valence-electron chi connectivity index (χ4n) is 9.33. The van der Waals surface area contributed by atoms with Crippen LogP contribution in [0.2, 0.25) is 0 Å². The molecule has 14 nitrogen and oxygen atoms in total. The van der Waals surface area contributed by atoms with Crippen molar-refractivity contribution in [3.05, 3.63) is 59.5 Å². The molecule has 1 aromatic heterocycles. The molecule has 0 radical (unpaired) electrons. The van der Waals surface area contributed by atoms with E-state index in [-0.39, 0.29) is 64.9 Å². The number of carbonyl (C=O) groups excluding carboxylic acids is 4. The highest BCUT2D eigenvalue weighted by molar-refractivity contribution is 6.02. The molecule has 5 aliphatic rings. The van der Waals surface area contributed by atoms with Crippen LogP contribution < -0.4 is 35.4 Å². The standard InChI is InChI=1S/C43H52F3N9O5/c1-25(2)55-24-43(45,46)40(59)52(3)33-22-47-41(51-37(33)55)48-31-8-5-28(20-34(31)60-4)38(57)49-35-21-42(35)13-17-53(18-14-42)23-26-11-15-54(16-12-26)32-9-6-27(19-30(32)44)29-7-10-36(56)50-39(29)58/h5-6,8-9,19-20,22,25-26,29,35H,7,10-18,21,23-24H2,1-4H3,(H,49,57)(H,47,48,51)(H,50,56,58). The van der Waals surface area contributed by atoms with Gasteiger partial charge in [-0.3, -0.25) is 24.5 Å². The van der Waals surface area contributed by atoms with Gasteiger partial charge in [-0.2, -0.15) is 13.8 Å². The van der Waals surface area contributed by atoms with E-state index in [1.54, 1.807) is 38.1 Å². The molecule has 2 unspecified atom stereocenters. The molecule has 1 saturated carbocycles. The molecule has 3 N–H and O–H groups in total. The van der Waals surface area contributed by atoms with Gasteiger partial charge in [-0.25, -0.2) is 9.37 Å². The van der Waals surface area contributed by atoms with Crippen molar-refractivity contribution in [2.45, 2.75) is 82.7 Å². The minimum Gasteiger partial charge on any atom is -0.495 e. The summed E-state index contributed by atoms with van der Waals surface area (Å²) < 4.78 is 50.4. The summed E-state index contributed by atoms with van der Waals surface area (Å²) in [7, 11) is 2.77. The average molecular weight is 832 g/mol. The molecule has 4 aliphatic heterocycles. The van der Waals surface area contributed by atoms with Crippen molar-refractivity contribution in [1.29, 1.82) is 0 Å². The predicted molar refractivity (Wildman–Crippen MR) is 220 cm³/mol. The maximum atomic E-state index is 15.3. The van der Waals surface area contributed by atoms with Gasteiger partial charge in [-0.15, -0.1) is 0 Å². The zero-order valence-corrected chi connectivity index (χ0v) is 34.4. The first kappa shape index (κ1) is 41.3. The van der Waals surface area contributed by atoms with E-state index in [1.807, 2.05) is 6.07 Å². The van der Waals surface area contributed by atoms with Crippen LogP contribution in [0.1, 0.15) is 80.6 Å². The number of methoxy groups -OCH3 is 1. The van der Waals surface area contributed by atoms with Crippen molar-refractivity contribution in [2.75, 3.05) is 73.4 Å². The quantitative estimate of drug-likeness (QED) is 0.231. The number of aromatic nitrogens is 2. The van der Waals surface area contributed by atoms with Crippen LogP contribution >= 0.6 is 0 Å². The molecule has 1 spiro atoms. The monoisotopic (exact) mass is 831 g/mol. The topological polar surface area (TPSA) is 152 Å². The lowest BCUT2D eigenvalue weighted by molar-refractivity contribution is -0.140. The Labute approximate surface area is 347 Å². The Morgan fingerprint density at radius 1 is 1.02 bits per heavy atom. The van der Waals surface area contributed by atoms with E-state index >= 15 is 4.39 Å². The molecular formula is C43H52F3N9O5. The van der Waals surface area contributed by atoms with Gasteiger partial charge in [0.15, 0.2) is 5.82 Å². The number of rotatable bonds is 10. The Bertz CT molecular complexity index is 2170. The van der Waals surface area contributed by atoms with E-state index < -0.39 is 24.3 Å². The van der Waals surface area contributed by atoms with Gasteiger partial charge in [0.1, 0.15) is 17.3 Å². The molecule has 4 fully saturated rings. The number of benzene rings is 2. The summed E-state index contributed by atoms with van der Waals surface area (Å²) in [4.78, 5) is 65.5. The number of hydrogen-bond acceptors (Lipinski definition) is 11. The number of alkyl halides is 2. The Hall–Kier alpha value is -5.45. The number of nitrogens with zero attached hydrogens (tertiary/aromatic N) is 6. The largest absolute Gasteiger partial charge is 0.495 e. The van der Waals surface area contributed by atoms with Gasteiger partial charge in [0, 0.05) is 50.7 Å². The van der Waals surface area contributed by atoms with Crippen molar-refractivity contribution in [2.24, 2.45) is 11.3 Å². The molecular weight excluding hydrogens is 780 g/mol. The van der Waals surface area contributed by atoms with Crippen molar-refractivity contribution < 1.29 is 37.1 Å². The molecule has 5 heterocycles. The van der Waals surface area contributed by atoms with Crippen LogP contribution in [0.25, 0.3) is 0 Å². The van der Waals surface area contributed by atoms with Crippen LogP contribution in [-0.4, -0.2) is 110 Å². The van der Waals surface area contributed by atoms with Crippen LogP contribution in [0.3, 0.4) is 0 Å². The number of ether oxygens (including phenoxy) is 1. The van der Waals surface area contributed by atoms with E-state index in [0.29, 0.717) is 40.6 Å². The lowest BCUT2D eigenvalue weighted by atomic mass is 9.89. The smallest absolute Gasteiger partial charge is 0.342 e. The van der Waals surface area contributed by atoms with Crippen LogP contribution in [0.4, 0.5) is 42.0 Å². The number of carbonyl (C=O) groups is 4. The molecule has 1 aliphatic carbocycles. The maximum Gasteiger partial charge on any atom is 0.342 e. The van der Waals surface area contributed by atoms with E-state index in [0.717, 1.165) is 69.7 Å². The number of amides is 4. The number of imide groups is 1. The first-order valence-electron chi connectivity index (χ1n) is 20.8. The maximum absolute atomic E-state index is 15.3. The molecule has 3 aromatic rings. The summed E-state index contributed by atoms with van der Waals surface area (Å²) in [6.07, 6.45) is 6.86. The minimum absolute atomic E-state index is 0.0877. The van der Waals surface area contributed by atoms with E-state index in [4.69, 9.17) is 4.74 Å². The Kier molecular flexibility index (Phi) is 11.1. The predicted octanol–water partition coefficient (Wildman–Crippen LogP) is 5.22. The number of halogens is 3. The van der Waals surface area contributed by atoms with Crippen LogP contribution in [0.15, 0.2) is 42.6 Å². The van der Waals surface area contributed by atoms with Crippen molar-refractivity contribution in [1.82, 2.24) is 25.5 Å². The number of anilines is 5. The summed E-state index contributed by atoms with van der Waals surface area (Å²) >= 11 is 0. The summed E-state index contributed by atoms with van der Waals surface area (Å²) in [6.45, 7) is 7.13. The molecule has 60 heavy (non-hydrogen) atoms. The highest BCUT2D eigenvalue weighted by Gasteiger charge is 2.55. The van der Waals surface area contributed by atoms with Crippen LogP contribution in [0.5, 0.6) is 5.75 Å². The van der Waals surface area contributed by atoms with Crippen molar-refractivity contribution in [3.8, 4) is 5.75 Å². The molecule has 4 amide bonds. The fourth-order valence-corrected chi connectivity index (χ4v) is 9.33. The molecule has 3 saturated heterocycles. The third-order valence-corrected chi connectivity index (χ3v) is 13.1. The van der Waals surface area contributed by atoms with E-state index in [1.165, 1.54) is 31.3 Å². The molecule has 2 aromatic carbocycles. The van der Waals surface area contributed by atoms with Gasteiger partial charge < -0.3 is 35.0 Å². The molecule has 320 valence electrons. The second kappa shape index (κ2) is 16.2. The average Bonchev–Trinajstić information content (AvgIpc) is 3.91. The molecule has 2 atom stereocenters.